The van der Waals surface area contributed by atoms with Crippen LogP contribution in [0.25, 0.3) is 21.0 Å². The van der Waals surface area contributed by atoms with Gasteiger partial charge in [-0.2, -0.15) is 4.99 Å². The van der Waals surface area contributed by atoms with E-state index in [0.717, 1.165) is 20.5 Å². The van der Waals surface area contributed by atoms with Gasteiger partial charge < -0.3 is 4.57 Å². The molecule has 5 heteroatoms. The van der Waals surface area contributed by atoms with Crippen LogP contribution in [0.4, 0.5) is 0 Å². The van der Waals surface area contributed by atoms with Crippen molar-refractivity contribution >= 4 is 50.0 Å². The third kappa shape index (κ3) is 3.89. The van der Waals surface area contributed by atoms with Gasteiger partial charge in [0.2, 0.25) is 5.91 Å². The van der Waals surface area contributed by atoms with Gasteiger partial charge in [0.15, 0.2) is 4.80 Å². The van der Waals surface area contributed by atoms with E-state index < -0.39 is 0 Å². The van der Waals surface area contributed by atoms with Crippen molar-refractivity contribution in [3.05, 3.63) is 71.5 Å². The number of thioether (sulfide) groups is 1. The summed E-state index contributed by atoms with van der Waals surface area (Å²) in [6.45, 7) is 0.392. The number of carbonyl (C=O) groups is 1. The highest BCUT2D eigenvalue weighted by Crippen LogP contribution is 2.27. The summed E-state index contributed by atoms with van der Waals surface area (Å²) < 4.78 is 3.06. The number of nitrogens with zero attached hydrogens (tertiary/aromatic N) is 2. The lowest BCUT2D eigenvalue weighted by Gasteiger charge is -2.02. The molecular formula is C23H18N2OS2. The zero-order valence-corrected chi connectivity index (χ0v) is 16.8. The van der Waals surface area contributed by atoms with E-state index in [1.165, 1.54) is 16.7 Å². The number of thiazole rings is 1. The monoisotopic (exact) mass is 402 g/mol. The molecule has 0 spiro atoms. The van der Waals surface area contributed by atoms with Gasteiger partial charge in [0.1, 0.15) is 0 Å². The van der Waals surface area contributed by atoms with Gasteiger partial charge in [-0.25, -0.2) is 0 Å². The van der Waals surface area contributed by atoms with Crippen LogP contribution >= 0.6 is 23.1 Å². The maximum atomic E-state index is 12.5. The van der Waals surface area contributed by atoms with Crippen molar-refractivity contribution in [3.8, 4) is 12.3 Å². The fourth-order valence-electron chi connectivity index (χ4n) is 3.06. The molecule has 0 N–H and O–H groups in total. The summed E-state index contributed by atoms with van der Waals surface area (Å²) in [4.78, 5) is 18.7. The van der Waals surface area contributed by atoms with Crippen molar-refractivity contribution in [2.45, 2.75) is 17.9 Å². The van der Waals surface area contributed by atoms with Crippen LogP contribution in [0.3, 0.4) is 0 Å². The Hall–Kier alpha value is -2.81. The minimum Gasteiger partial charge on any atom is -0.305 e. The number of amides is 1. The molecule has 0 saturated heterocycles. The maximum absolute atomic E-state index is 12.5. The molecule has 4 rings (SSSR count). The lowest BCUT2D eigenvalue weighted by atomic mass is 10.1. The predicted octanol–water partition coefficient (Wildman–Crippen LogP) is 5.10. The standard InChI is InChI=1S/C23H18N2OS2/c1-2-15-25-20-13-12-17-8-6-7-11-19(17)22(20)28-23(25)24-21(26)14-16-27-18-9-4-3-5-10-18/h1,3-13H,14-16H2. The number of aromatic nitrogens is 1. The Kier molecular flexibility index (Phi) is 5.61. The van der Waals surface area contributed by atoms with Crippen molar-refractivity contribution in [1.29, 1.82) is 0 Å². The van der Waals surface area contributed by atoms with Crippen molar-refractivity contribution < 1.29 is 4.79 Å². The second-order valence-electron chi connectivity index (χ2n) is 6.23. The summed E-state index contributed by atoms with van der Waals surface area (Å²) in [6.07, 6.45) is 5.97. The van der Waals surface area contributed by atoms with Crippen LogP contribution in [0, 0.1) is 12.3 Å². The van der Waals surface area contributed by atoms with Gasteiger partial charge in [-0.05, 0) is 23.6 Å². The number of fused-ring (bicyclic) bond motifs is 3. The third-order valence-electron chi connectivity index (χ3n) is 4.37. The summed E-state index contributed by atoms with van der Waals surface area (Å²) in [6, 6.07) is 22.4. The lowest BCUT2D eigenvalue weighted by Crippen LogP contribution is -2.16. The van der Waals surface area contributed by atoms with Crippen molar-refractivity contribution in [2.24, 2.45) is 4.99 Å². The van der Waals surface area contributed by atoms with E-state index in [-0.39, 0.29) is 5.91 Å². The van der Waals surface area contributed by atoms with Crippen molar-refractivity contribution in [2.75, 3.05) is 5.75 Å². The first-order valence-corrected chi connectivity index (χ1v) is 10.8. The summed E-state index contributed by atoms with van der Waals surface area (Å²) in [5.41, 5.74) is 1.02. The lowest BCUT2D eigenvalue weighted by molar-refractivity contribution is -0.117. The predicted molar refractivity (Wildman–Crippen MR) is 119 cm³/mol. The van der Waals surface area contributed by atoms with E-state index >= 15 is 0 Å². The minimum atomic E-state index is -0.120. The number of hydrogen-bond donors (Lipinski definition) is 0. The minimum absolute atomic E-state index is 0.120. The first kappa shape index (κ1) is 18.5. The Bertz CT molecular complexity index is 1250. The van der Waals surface area contributed by atoms with Gasteiger partial charge in [0.25, 0.3) is 0 Å². The smallest absolute Gasteiger partial charge is 0.249 e. The average Bonchev–Trinajstić information content (AvgIpc) is 3.07. The van der Waals surface area contributed by atoms with Crippen LogP contribution in [-0.4, -0.2) is 16.2 Å². The summed E-state index contributed by atoms with van der Waals surface area (Å²) in [7, 11) is 0. The van der Waals surface area contributed by atoms with Crippen LogP contribution in [0.5, 0.6) is 0 Å². The second-order valence-corrected chi connectivity index (χ2v) is 8.37. The number of hydrogen-bond acceptors (Lipinski definition) is 3. The largest absolute Gasteiger partial charge is 0.305 e. The Morgan fingerprint density at radius 2 is 1.86 bits per heavy atom. The molecule has 0 fully saturated rings. The molecule has 3 nitrogen and oxygen atoms in total. The molecule has 0 saturated carbocycles. The van der Waals surface area contributed by atoms with Gasteiger partial charge in [0, 0.05) is 22.5 Å². The van der Waals surface area contributed by atoms with Gasteiger partial charge in [-0.15, -0.1) is 18.2 Å². The molecule has 0 aliphatic rings. The molecule has 138 valence electrons. The van der Waals surface area contributed by atoms with Crippen LogP contribution < -0.4 is 4.80 Å². The highest BCUT2D eigenvalue weighted by Gasteiger charge is 2.10. The SMILES string of the molecule is C#CCn1c(=NC(=O)CCSc2ccccc2)sc2c3ccccc3ccc21. The molecule has 0 aliphatic carbocycles. The van der Waals surface area contributed by atoms with Gasteiger partial charge in [-0.3, -0.25) is 4.79 Å². The molecule has 1 aromatic heterocycles. The van der Waals surface area contributed by atoms with E-state index in [4.69, 9.17) is 6.42 Å². The molecule has 1 heterocycles. The average molecular weight is 403 g/mol. The first-order chi connectivity index (χ1) is 13.8. The molecule has 0 atom stereocenters. The third-order valence-corrected chi connectivity index (χ3v) is 6.51. The van der Waals surface area contributed by atoms with Crippen molar-refractivity contribution in [1.82, 2.24) is 4.57 Å². The molecule has 0 aliphatic heterocycles. The Balaban J connectivity index is 1.64. The molecule has 28 heavy (non-hydrogen) atoms. The van der Waals surface area contributed by atoms with Crippen LogP contribution in [-0.2, 0) is 11.3 Å². The molecular weight excluding hydrogens is 384 g/mol. The number of benzene rings is 3. The zero-order chi connectivity index (χ0) is 19.3. The quantitative estimate of drug-likeness (QED) is 0.344. The fraction of sp³-hybridized carbons (Fsp3) is 0.130. The van der Waals surface area contributed by atoms with Crippen LogP contribution in [0.2, 0.25) is 0 Å². The summed E-state index contributed by atoms with van der Waals surface area (Å²) in [5, 5.41) is 2.32. The Labute approximate surface area is 171 Å². The Morgan fingerprint density at radius 1 is 1.07 bits per heavy atom. The molecule has 0 radical (unpaired) electrons. The summed E-state index contributed by atoms with van der Waals surface area (Å²) in [5.74, 6) is 3.27. The van der Waals surface area contributed by atoms with E-state index in [2.05, 4.69) is 35.2 Å². The maximum Gasteiger partial charge on any atom is 0.249 e. The number of rotatable bonds is 5. The first-order valence-electron chi connectivity index (χ1n) is 8.96. The van der Waals surface area contributed by atoms with E-state index in [1.807, 2.05) is 47.0 Å². The topological polar surface area (TPSA) is 34.4 Å². The number of terminal acetylenes is 1. The molecule has 1 amide bonds. The van der Waals surface area contributed by atoms with Crippen LogP contribution in [0.15, 0.2) is 76.6 Å². The Morgan fingerprint density at radius 3 is 2.68 bits per heavy atom. The van der Waals surface area contributed by atoms with Crippen LogP contribution in [0.1, 0.15) is 6.42 Å². The second kappa shape index (κ2) is 8.47. The number of carbonyl (C=O) groups excluding carboxylic acids is 1. The zero-order valence-electron chi connectivity index (χ0n) is 15.2. The van der Waals surface area contributed by atoms with Gasteiger partial charge >= 0.3 is 0 Å². The summed E-state index contributed by atoms with van der Waals surface area (Å²) >= 11 is 3.19. The molecule has 0 unspecified atom stereocenters. The van der Waals surface area contributed by atoms with E-state index in [9.17, 15) is 4.79 Å². The highest BCUT2D eigenvalue weighted by atomic mass is 32.2. The molecule has 3 aromatic carbocycles. The normalized spacial score (nSPS) is 11.8. The molecule has 4 aromatic rings. The van der Waals surface area contributed by atoms with E-state index in [1.54, 1.807) is 11.8 Å². The van der Waals surface area contributed by atoms with E-state index in [0.29, 0.717) is 23.5 Å². The van der Waals surface area contributed by atoms with Gasteiger partial charge in [-0.1, -0.05) is 65.8 Å². The molecule has 0 bridgehead atoms. The van der Waals surface area contributed by atoms with Gasteiger partial charge in [0.05, 0.1) is 16.8 Å². The highest BCUT2D eigenvalue weighted by molar-refractivity contribution is 7.99. The fourth-order valence-corrected chi connectivity index (χ4v) is 5.11. The van der Waals surface area contributed by atoms with Crippen molar-refractivity contribution in [3.63, 3.8) is 0 Å².